The molecule has 3 aromatic carbocycles. The number of ether oxygens (including phenoxy) is 1. The van der Waals surface area contributed by atoms with Crippen LogP contribution in [0, 0.1) is 0 Å². The predicted molar refractivity (Wildman–Crippen MR) is 134 cm³/mol. The third-order valence-corrected chi connectivity index (χ3v) is 6.13. The highest BCUT2D eigenvalue weighted by molar-refractivity contribution is 6.31. The van der Waals surface area contributed by atoms with Crippen LogP contribution in [-0.4, -0.2) is 52.9 Å². The second kappa shape index (κ2) is 11.5. The van der Waals surface area contributed by atoms with Crippen LogP contribution >= 0.6 is 0 Å². The summed E-state index contributed by atoms with van der Waals surface area (Å²) >= 11 is 0. The van der Waals surface area contributed by atoms with E-state index in [-0.39, 0.29) is 36.7 Å². The molecule has 9 heteroatoms. The van der Waals surface area contributed by atoms with Crippen molar-refractivity contribution in [2.75, 3.05) is 18.5 Å². The maximum atomic E-state index is 12.3. The highest BCUT2D eigenvalue weighted by Gasteiger charge is 2.29. The van der Waals surface area contributed by atoms with Gasteiger partial charge in [-0.2, -0.15) is 0 Å². The fraction of sp³-hybridized carbons (Fsp3) is 0.222. The molecule has 0 heterocycles. The molecule has 0 fully saturated rings. The highest BCUT2D eigenvalue weighted by Crippen LogP contribution is 2.44. The molecule has 186 valence electrons. The fourth-order valence-electron chi connectivity index (χ4n) is 4.42. The van der Waals surface area contributed by atoms with Crippen LogP contribution in [0.3, 0.4) is 0 Å². The van der Waals surface area contributed by atoms with Gasteiger partial charge in [0.15, 0.2) is 0 Å². The molecule has 0 saturated heterocycles. The zero-order valence-electron chi connectivity index (χ0n) is 19.4. The van der Waals surface area contributed by atoms with E-state index in [4.69, 9.17) is 9.94 Å². The lowest BCUT2D eigenvalue weighted by Gasteiger charge is -2.21. The number of rotatable bonds is 9. The Hall–Kier alpha value is -4.21. The van der Waals surface area contributed by atoms with Gasteiger partial charge in [-0.05, 0) is 34.7 Å². The molecule has 0 spiro atoms. The van der Waals surface area contributed by atoms with Gasteiger partial charge in [0, 0.05) is 23.7 Å². The molecule has 1 aliphatic rings. The number of carbonyl (C=O) groups excluding carboxylic acids is 2. The van der Waals surface area contributed by atoms with Crippen molar-refractivity contribution < 1.29 is 29.7 Å². The van der Waals surface area contributed by atoms with Crippen LogP contribution in [0.25, 0.3) is 11.1 Å². The number of fused-ring (bicyclic) bond motifs is 3. The van der Waals surface area contributed by atoms with Gasteiger partial charge in [-0.1, -0.05) is 71.9 Å². The van der Waals surface area contributed by atoms with Crippen LogP contribution < -0.4 is 10.6 Å². The minimum absolute atomic E-state index is 0.0474. The van der Waals surface area contributed by atoms with Gasteiger partial charge in [0.25, 0.3) is 5.91 Å². The largest absolute Gasteiger partial charge is 0.449 e. The van der Waals surface area contributed by atoms with E-state index in [0.717, 1.165) is 22.3 Å². The zero-order chi connectivity index (χ0) is 25.5. The number of hydrogen-bond donors (Lipinski definition) is 5. The Balaban J connectivity index is 1.29. The van der Waals surface area contributed by atoms with Crippen molar-refractivity contribution in [2.24, 2.45) is 5.16 Å². The van der Waals surface area contributed by atoms with E-state index >= 15 is 0 Å². The van der Waals surface area contributed by atoms with Gasteiger partial charge in [0.05, 0.1) is 6.10 Å². The van der Waals surface area contributed by atoms with E-state index < -0.39 is 24.2 Å². The van der Waals surface area contributed by atoms with E-state index in [1.54, 1.807) is 24.3 Å². The second-order valence-corrected chi connectivity index (χ2v) is 8.37. The summed E-state index contributed by atoms with van der Waals surface area (Å²) in [5, 5.41) is 37.3. The highest BCUT2D eigenvalue weighted by atomic mass is 16.5. The van der Waals surface area contributed by atoms with Crippen LogP contribution in [0.2, 0.25) is 0 Å². The molecule has 4 rings (SSSR count). The maximum absolute atomic E-state index is 12.3. The molecule has 3 aromatic rings. The number of aliphatic hydroxyl groups is 2. The summed E-state index contributed by atoms with van der Waals surface area (Å²) in [4.78, 5) is 24.0. The Morgan fingerprint density at radius 3 is 2.22 bits per heavy atom. The van der Waals surface area contributed by atoms with Gasteiger partial charge in [-0.25, -0.2) is 4.79 Å². The number of hydrogen-bond acceptors (Lipinski definition) is 7. The third kappa shape index (κ3) is 5.54. The lowest BCUT2D eigenvalue weighted by atomic mass is 9.98. The van der Waals surface area contributed by atoms with E-state index in [0.29, 0.717) is 6.21 Å². The maximum Gasteiger partial charge on any atom is 0.407 e. The molecule has 2 unspecified atom stereocenters. The number of para-hydroxylation sites is 1. The van der Waals surface area contributed by atoms with Crippen LogP contribution in [0.5, 0.6) is 0 Å². The Morgan fingerprint density at radius 2 is 1.56 bits per heavy atom. The van der Waals surface area contributed by atoms with Crippen molar-refractivity contribution in [3.05, 3.63) is 89.5 Å². The summed E-state index contributed by atoms with van der Waals surface area (Å²) in [7, 11) is 0. The van der Waals surface area contributed by atoms with Gasteiger partial charge in [-0.3, -0.25) is 4.79 Å². The number of amides is 2. The number of nitrogens with one attached hydrogen (secondary N) is 2. The Kier molecular flexibility index (Phi) is 7.94. The van der Waals surface area contributed by atoms with E-state index in [2.05, 4.69) is 27.9 Å². The second-order valence-electron chi connectivity index (χ2n) is 8.37. The van der Waals surface area contributed by atoms with Crippen molar-refractivity contribution >= 4 is 23.9 Å². The topological polar surface area (TPSA) is 140 Å². The first-order valence-corrected chi connectivity index (χ1v) is 11.5. The van der Waals surface area contributed by atoms with Crippen LogP contribution in [0.1, 0.15) is 35.1 Å². The first-order chi connectivity index (χ1) is 17.5. The summed E-state index contributed by atoms with van der Waals surface area (Å²) < 4.78 is 5.48. The third-order valence-electron chi connectivity index (χ3n) is 6.13. The van der Waals surface area contributed by atoms with Gasteiger partial charge in [-0.15, -0.1) is 0 Å². The van der Waals surface area contributed by atoms with Crippen molar-refractivity contribution in [1.29, 1.82) is 0 Å². The Labute approximate surface area is 208 Å². The summed E-state index contributed by atoms with van der Waals surface area (Å²) in [6.07, 6.45) is -2.43. The average molecular weight is 490 g/mol. The predicted octanol–water partition coefficient (Wildman–Crippen LogP) is 3.41. The Bertz CT molecular complexity index is 1220. The first kappa shape index (κ1) is 24.9. The molecule has 0 radical (unpaired) electrons. The summed E-state index contributed by atoms with van der Waals surface area (Å²) in [6.45, 7) is 0.246. The lowest BCUT2D eigenvalue weighted by Crippen LogP contribution is -2.31. The van der Waals surface area contributed by atoms with Crippen LogP contribution in [-0.2, 0) is 9.53 Å². The summed E-state index contributed by atoms with van der Waals surface area (Å²) in [6, 6.07) is 22.5. The molecular formula is C27H27N3O6. The SMILES string of the molecule is O=C(C=NO)Nc1ccccc1C(O)C(O)CCNC(=O)OCC1c2ccccc2-c2ccccc21. The molecule has 36 heavy (non-hydrogen) atoms. The Morgan fingerprint density at radius 1 is 0.944 bits per heavy atom. The first-order valence-electron chi connectivity index (χ1n) is 11.5. The molecule has 0 aliphatic heterocycles. The fourth-order valence-corrected chi connectivity index (χ4v) is 4.42. The zero-order valence-corrected chi connectivity index (χ0v) is 19.4. The quantitative estimate of drug-likeness (QED) is 0.177. The number of oxime groups is 1. The number of nitrogens with zero attached hydrogens (tertiary/aromatic N) is 1. The molecule has 0 saturated carbocycles. The van der Waals surface area contributed by atoms with Gasteiger partial charge >= 0.3 is 6.09 Å². The van der Waals surface area contributed by atoms with Crippen molar-refractivity contribution in [2.45, 2.75) is 24.5 Å². The van der Waals surface area contributed by atoms with Crippen molar-refractivity contribution in [1.82, 2.24) is 5.32 Å². The average Bonchev–Trinajstić information content (AvgIpc) is 3.21. The molecule has 0 aromatic heterocycles. The molecule has 2 atom stereocenters. The van der Waals surface area contributed by atoms with Crippen molar-refractivity contribution in [3.8, 4) is 11.1 Å². The minimum atomic E-state index is -1.32. The standard InChI is InChI=1S/C27H27N3O6/c31-24(26(33)21-11-5-6-12-23(21)30-25(32)15-29-35)13-14-28-27(34)36-16-22-19-9-3-1-7-17(19)18-8-2-4-10-20(18)22/h1-12,15,22,24,26,31,33,35H,13-14,16H2,(H,28,34)(H,30,32). The summed E-state index contributed by atoms with van der Waals surface area (Å²) in [5.41, 5.74) is 5.05. The van der Waals surface area contributed by atoms with Gasteiger partial charge in [0.2, 0.25) is 0 Å². The number of aliphatic hydroxyl groups excluding tert-OH is 2. The molecule has 0 bridgehead atoms. The minimum Gasteiger partial charge on any atom is -0.449 e. The molecule has 5 N–H and O–H groups in total. The molecular weight excluding hydrogens is 462 g/mol. The van der Waals surface area contributed by atoms with Crippen LogP contribution in [0.4, 0.5) is 10.5 Å². The van der Waals surface area contributed by atoms with E-state index in [1.165, 1.54) is 0 Å². The lowest BCUT2D eigenvalue weighted by molar-refractivity contribution is -0.110. The van der Waals surface area contributed by atoms with Crippen molar-refractivity contribution in [3.63, 3.8) is 0 Å². The molecule has 2 amide bonds. The number of alkyl carbamates (subject to hydrolysis) is 1. The van der Waals surface area contributed by atoms with Gasteiger partial charge in [0.1, 0.15) is 18.9 Å². The normalized spacial score (nSPS) is 14.1. The smallest absolute Gasteiger partial charge is 0.407 e. The summed E-state index contributed by atoms with van der Waals surface area (Å²) in [5.74, 6) is -0.748. The number of carbonyl (C=O) groups is 2. The molecule has 9 nitrogen and oxygen atoms in total. The van der Waals surface area contributed by atoms with Crippen LogP contribution in [0.15, 0.2) is 78.0 Å². The van der Waals surface area contributed by atoms with E-state index in [9.17, 15) is 19.8 Å². The van der Waals surface area contributed by atoms with Gasteiger partial charge < -0.3 is 30.8 Å². The number of benzene rings is 3. The molecule has 1 aliphatic carbocycles. The monoisotopic (exact) mass is 489 g/mol. The number of anilines is 1. The van der Waals surface area contributed by atoms with E-state index in [1.807, 2.05) is 36.4 Å².